The van der Waals surface area contributed by atoms with Gasteiger partial charge in [0.05, 0.1) is 0 Å². The van der Waals surface area contributed by atoms with Crippen LogP contribution in [-0.2, 0) is 10.5 Å². The molecule has 0 unspecified atom stereocenters. The van der Waals surface area contributed by atoms with E-state index in [0.717, 1.165) is 0 Å². The summed E-state index contributed by atoms with van der Waals surface area (Å²) >= 11 is 3.27. The fourth-order valence-corrected chi connectivity index (χ4v) is 1.72. The van der Waals surface area contributed by atoms with Crippen molar-refractivity contribution in [3.63, 3.8) is 0 Å². The summed E-state index contributed by atoms with van der Waals surface area (Å²) in [6.45, 7) is 2.77. The Kier molecular flexibility index (Phi) is 3.91. The zero-order valence-corrected chi connectivity index (χ0v) is 10.6. The average Bonchev–Trinajstić information content (AvgIpc) is 2.14. The molecule has 88 valence electrons. The minimum absolute atomic E-state index is 0.170. The van der Waals surface area contributed by atoms with Crippen LogP contribution in [0.5, 0.6) is 0 Å². The highest BCUT2D eigenvalue weighted by atomic mass is 79.9. The highest BCUT2D eigenvalue weighted by molar-refractivity contribution is 9.10. The number of carboxylic acids is 1. The second kappa shape index (κ2) is 4.82. The van der Waals surface area contributed by atoms with Crippen molar-refractivity contribution in [3.8, 4) is 0 Å². The summed E-state index contributed by atoms with van der Waals surface area (Å²) in [5, 5.41) is 11.2. The number of rotatable bonds is 4. The molecule has 0 atom stereocenters. The Bertz CT molecular complexity index is 401. The number of alkyl halides is 1. The summed E-state index contributed by atoms with van der Waals surface area (Å²) in [4.78, 5) is 10.4. The fraction of sp³-hybridized carbons (Fsp3) is 0.364. The standard InChI is InChI=1S/C11H13BrFNO2/c1-11(2,13)7-3-4-9(8(12)5-7)14-6-10(15)16/h3-5,14H,6H2,1-2H3,(H,15,16). The van der Waals surface area contributed by atoms with E-state index in [-0.39, 0.29) is 6.54 Å². The van der Waals surface area contributed by atoms with Gasteiger partial charge in [0.15, 0.2) is 0 Å². The van der Waals surface area contributed by atoms with Crippen LogP contribution in [0, 0.1) is 0 Å². The van der Waals surface area contributed by atoms with E-state index >= 15 is 0 Å². The highest BCUT2D eigenvalue weighted by Crippen LogP contribution is 2.30. The number of benzene rings is 1. The molecule has 0 aliphatic carbocycles. The van der Waals surface area contributed by atoms with Crippen LogP contribution in [0.1, 0.15) is 19.4 Å². The number of aliphatic carboxylic acids is 1. The van der Waals surface area contributed by atoms with Crippen molar-refractivity contribution in [2.24, 2.45) is 0 Å². The molecule has 1 rings (SSSR count). The van der Waals surface area contributed by atoms with E-state index in [1.807, 2.05) is 0 Å². The van der Waals surface area contributed by atoms with Gasteiger partial charge in [-0.05, 0) is 47.5 Å². The molecule has 16 heavy (non-hydrogen) atoms. The SMILES string of the molecule is CC(C)(F)c1ccc(NCC(=O)O)c(Br)c1. The van der Waals surface area contributed by atoms with Crippen molar-refractivity contribution < 1.29 is 14.3 Å². The summed E-state index contributed by atoms with van der Waals surface area (Å²) in [5.74, 6) is -0.943. The molecule has 0 heterocycles. The van der Waals surface area contributed by atoms with Crippen LogP contribution in [0.3, 0.4) is 0 Å². The summed E-state index contributed by atoms with van der Waals surface area (Å²) in [6, 6.07) is 4.93. The Morgan fingerprint density at radius 1 is 1.56 bits per heavy atom. The Morgan fingerprint density at radius 3 is 2.62 bits per heavy atom. The normalized spacial score (nSPS) is 11.2. The predicted molar refractivity (Wildman–Crippen MR) is 64.4 cm³/mol. The van der Waals surface area contributed by atoms with E-state index < -0.39 is 11.6 Å². The van der Waals surface area contributed by atoms with Gasteiger partial charge in [0, 0.05) is 10.2 Å². The third-order valence-corrected chi connectivity index (χ3v) is 2.74. The molecule has 0 radical (unpaired) electrons. The maximum absolute atomic E-state index is 13.6. The monoisotopic (exact) mass is 289 g/mol. The van der Waals surface area contributed by atoms with Crippen molar-refractivity contribution in [2.45, 2.75) is 19.5 Å². The molecule has 0 aliphatic heterocycles. The fourth-order valence-electron chi connectivity index (χ4n) is 1.20. The number of hydrogen-bond acceptors (Lipinski definition) is 2. The summed E-state index contributed by atoms with van der Waals surface area (Å²) in [5.41, 5.74) is -0.232. The maximum Gasteiger partial charge on any atom is 0.322 e. The Morgan fingerprint density at radius 2 is 2.19 bits per heavy atom. The number of carbonyl (C=O) groups is 1. The lowest BCUT2D eigenvalue weighted by molar-refractivity contribution is -0.134. The van der Waals surface area contributed by atoms with E-state index in [4.69, 9.17) is 5.11 Å². The van der Waals surface area contributed by atoms with Crippen LogP contribution < -0.4 is 5.32 Å². The molecule has 0 fully saturated rings. The minimum atomic E-state index is -1.41. The number of anilines is 1. The molecule has 1 aromatic carbocycles. The van der Waals surface area contributed by atoms with Crippen molar-refractivity contribution in [1.29, 1.82) is 0 Å². The first-order valence-corrected chi connectivity index (χ1v) is 5.54. The van der Waals surface area contributed by atoms with Crippen molar-refractivity contribution in [3.05, 3.63) is 28.2 Å². The zero-order valence-electron chi connectivity index (χ0n) is 9.05. The van der Waals surface area contributed by atoms with E-state index in [2.05, 4.69) is 21.2 Å². The number of nitrogens with one attached hydrogen (secondary N) is 1. The third-order valence-electron chi connectivity index (χ3n) is 2.09. The van der Waals surface area contributed by atoms with Gasteiger partial charge < -0.3 is 10.4 Å². The first-order chi connectivity index (χ1) is 7.30. The second-order valence-corrected chi connectivity index (χ2v) is 4.77. The van der Waals surface area contributed by atoms with E-state index in [1.165, 1.54) is 13.8 Å². The molecule has 5 heteroatoms. The lowest BCUT2D eigenvalue weighted by Gasteiger charge is -2.16. The van der Waals surface area contributed by atoms with Crippen molar-refractivity contribution in [2.75, 3.05) is 11.9 Å². The van der Waals surface area contributed by atoms with Crippen molar-refractivity contribution in [1.82, 2.24) is 0 Å². The molecule has 2 N–H and O–H groups in total. The topological polar surface area (TPSA) is 49.3 Å². The molecule has 0 bridgehead atoms. The predicted octanol–water partition coefficient (Wildman–Crippen LogP) is 3.15. The Balaban J connectivity index is 2.88. The smallest absolute Gasteiger partial charge is 0.322 e. The summed E-state index contributed by atoms with van der Waals surface area (Å²) in [6.07, 6.45) is 0. The van der Waals surface area contributed by atoms with Crippen LogP contribution in [0.25, 0.3) is 0 Å². The second-order valence-electron chi connectivity index (χ2n) is 3.91. The highest BCUT2D eigenvalue weighted by Gasteiger charge is 2.19. The van der Waals surface area contributed by atoms with Gasteiger partial charge >= 0.3 is 5.97 Å². The Hall–Kier alpha value is -1.10. The number of hydrogen-bond donors (Lipinski definition) is 2. The van der Waals surface area contributed by atoms with Gasteiger partial charge in [-0.1, -0.05) is 6.07 Å². The lowest BCUT2D eigenvalue weighted by atomic mass is 10.0. The maximum atomic E-state index is 13.6. The van der Waals surface area contributed by atoms with E-state index in [0.29, 0.717) is 15.7 Å². The van der Waals surface area contributed by atoms with Gasteiger partial charge in [-0.3, -0.25) is 4.79 Å². The first kappa shape index (κ1) is 13.0. The first-order valence-electron chi connectivity index (χ1n) is 4.75. The zero-order chi connectivity index (χ0) is 12.3. The molecule has 0 aromatic heterocycles. The molecule has 0 amide bonds. The van der Waals surface area contributed by atoms with Crippen LogP contribution in [0.4, 0.5) is 10.1 Å². The van der Waals surface area contributed by atoms with Gasteiger partial charge in [0.1, 0.15) is 12.2 Å². The molecule has 0 aliphatic rings. The largest absolute Gasteiger partial charge is 0.480 e. The van der Waals surface area contributed by atoms with Crippen LogP contribution in [0.2, 0.25) is 0 Å². The lowest BCUT2D eigenvalue weighted by Crippen LogP contribution is -2.13. The van der Waals surface area contributed by atoms with Crippen molar-refractivity contribution >= 4 is 27.6 Å². The van der Waals surface area contributed by atoms with Gasteiger partial charge in [-0.2, -0.15) is 0 Å². The van der Waals surface area contributed by atoms with Gasteiger partial charge in [0.25, 0.3) is 0 Å². The van der Waals surface area contributed by atoms with Gasteiger partial charge in [-0.25, -0.2) is 4.39 Å². The van der Waals surface area contributed by atoms with Crippen LogP contribution >= 0.6 is 15.9 Å². The summed E-state index contributed by atoms with van der Waals surface area (Å²) < 4.78 is 14.3. The molecule has 3 nitrogen and oxygen atoms in total. The summed E-state index contributed by atoms with van der Waals surface area (Å²) in [7, 11) is 0. The molecule has 0 saturated carbocycles. The minimum Gasteiger partial charge on any atom is -0.480 e. The van der Waals surface area contributed by atoms with Gasteiger partial charge in [0.2, 0.25) is 0 Å². The molecule has 0 saturated heterocycles. The van der Waals surface area contributed by atoms with Gasteiger partial charge in [-0.15, -0.1) is 0 Å². The molecule has 1 aromatic rings. The van der Waals surface area contributed by atoms with E-state index in [9.17, 15) is 9.18 Å². The third kappa shape index (κ3) is 3.48. The van der Waals surface area contributed by atoms with E-state index in [1.54, 1.807) is 18.2 Å². The molecular weight excluding hydrogens is 277 g/mol. The number of carboxylic acid groups (broad SMARTS) is 1. The molecular formula is C11H13BrFNO2. The quantitative estimate of drug-likeness (QED) is 0.895. The van der Waals surface area contributed by atoms with Crippen LogP contribution in [-0.4, -0.2) is 17.6 Å². The Labute approximate surface area is 102 Å². The molecule has 0 spiro atoms. The number of halogens is 2. The average molecular weight is 290 g/mol. The van der Waals surface area contributed by atoms with Crippen LogP contribution in [0.15, 0.2) is 22.7 Å².